The van der Waals surface area contributed by atoms with Crippen molar-refractivity contribution in [1.82, 2.24) is 20.5 Å². The Balaban J connectivity index is 1.42. The Morgan fingerprint density at radius 2 is 1.97 bits per heavy atom. The summed E-state index contributed by atoms with van der Waals surface area (Å²) in [5.74, 6) is -1.81. The molecule has 0 saturated carbocycles. The number of piperidine rings is 2. The van der Waals surface area contributed by atoms with Gasteiger partial charge in [0.15, 0.2) is 0 Å². The lowest BCUT2D eigenvalue weighted by molar-refractivity contribution is -0.138. The van der Waals surface area contributed by atoms with E-state index in [0.29, 0.717) is 55.0 Å². The molecule has 0 aliphatic carbocycles. The number of carboxylic acid groups (broad SMARTS) is 1. The van der Waals surface area contributed by atoms with Gasteiger partial charge in [0, 0.05) is 37.5 Å². The van der Waals surface area contributed by atoms with Gasteiger partial charge in [0.2, 0.25) is 11.8 Å². The summed E-state index contributed by atoms with van der Waals surface area (Å²) in [5, 5.41) is 24.9. The topological polar surface area (TPSA) is 135 Å². The maximum Gasteiger partial charge on any atom is 0.305 e. The molecule has 1 aromatic carbocycles. The van der Waals surface area contributed by atoms with E-state index in [0.717, 1.165) is 32.4 Å². The Morgan fingerprint density at radius 1 is 1.18 bits per heavy atom. The molecule has 2 aliphatic rings. The van der Waals surface area contributed by atoms with Gasteiger partial charge in [0.1, 0.15) is 11.9 Å². The number of aliphatic carboxylic acids is 1. The Morgan fingerprint density at radius 3 is 2.72 bits per heavy atom. The number of halogens is 1. The quantitative estimate of drug-likeness (QED) is 0.448. The average molecular weight is 536 g/mol. The maximum atomic E-state index is 13.8. The smallest absolute Gasteiger partial charge is 0.305 e. The Labute approximate surface area is 227 Å². The van der Waals surface area contributed by atoms with Gasteiger partial charge in [-0.2, -0.15) is 5.26 Å². The van der Waals surface area contributed by atoms with Crippen molar-refractivity contribution < 1.29 is 23.9 Å². The fourth-order valence-electron chi connectivity index (χ4n) is 5.39. The number of benzene rings is 1. The van der Waals surface area contributed by atoms with Crippen molar-refractivity contribution in [1.29, 1.82) is 5.26 Å². The van der Waals surface area contributed by atoms with Crippen LogP contribution < -0.4 is 10.6 Å². The summed E-state index contributed by atoms with van der Waals surface area (Å²) in [5.41, 5.74) is 1.49. The number of nitrogens with one attached hydrogen (secondary N) is 2. The van der Waals surface area contributed by atoms with E-state index in [9.17, 15) is 23.9 Å². The van der Waals surface area contributed by atoms with Gasteiger partial charge in [-0.25, -0.2) is 4.39 Å². The van der Waals surface area contributed by atoms with Gasteiger partial charge in [-0.05, 0) is 80.4 Å². The number of aromatic nitrogens is 1. The fraction of sp³-hybridized carbons (Fsp3) is 0.483. The monoisotopic (exact) mass is 535 g/mol. The summed E-state index contributed by atoms with van der Waals surface area (Å²) in [6.07, 6.45) is 7.51. The molecule has 2 aliphatic heterocycles. The molecule has 206 valence electrons. The number of carbonyl (C=O) groups excluding carboxylic acids is 2. The van der Waals surface area contributed by atoms with Crippen molar-refractivity contribution in [3.05, 3.63) is 53.6 Å². The Kier molecular flexibility index (Phi) is 9.60. The van der Waals surface area contributed by atoms with Crippen molar-refractivity contribution >= 4 is 17.8 Å². The summed E-state index contributed by atoms with van der Waals surface area (Å²) in [4.78, 5) is 43.8. The van der Waals surface area contributed by atoms with Crippen LogP contribution in [0, 0.1) is 29.0 Å². The highest BCUT2D eigenvalue weighted by molar-refractivity contribution is 5.82. The Bertz CT molecular complexity index is 1240. The lowest BCUT2D eigenvalue weighted by Crippen LogP contribution is -2.46. The molecule has 1 aromatic heterocycles. The summed E-state index contributed by atoms with van der Waals surface area (Å²) in [7, 11) is 0. The van der Waals surface area contributed by atoms with Crippen molar-refractivity contribution in [3.63, 3.8) is 0 Å². The molecule has 0 bridgehead atoms. The molecular formula is C29H34FN5O4. The normalized spacial score (nSPS) is 18.7. The highest BCUT2D eigenvalue weighted by atomic mass is 19.1. The standard InChI is InChI=1S/C29H34FN5O4/c30-25-5-4-20(12-22(25)15-31)23-13-24(17-33-16-23)26(14-28(37)38)34-29(39)21-2-1-11-35(18-21)27(36)6-3-19-7-9-32-10-8-19/h4-5,12-13,16-17,19,21,26,32H,1-3,6-11,14,18H2,(H,34,39)(H,37,38)/t21-,26?/m1/s1. The van der Waals surface area contributed by atoms with E-state index >= 15 is 0 Å². The second-order valence-electron chi connectivity index (χ2n) is 10.4. The third-order valence-corrected chi connectivity index (χ3v) is 7.65. The van der Waals surface area contributed by atoms with Crippen LogP contribution >= 0.6 is 0 Å². The second-order valence-corrected chi connectivity index (χ2v) is 10.4. The highest BCUT2D eigenvalue weighted by Gasteiger charge is 2.31. The van der Waals surface area contributed by atoms with Crippen LogP contribution in [0.2, 0.25) is 0 Å². The zero-order valence-electron chi connectivity index (χ0n) is 21.9. The Hall–Kier alpha value is -3.84. The predicted octanol–water partition coefficient (Wildman–Crippen LogP) is 3.41. The summed E-state index contributed by atoms with van der Waals surface area (Å²) < 4.78 is 13.8. The molecule has 39 heavy (non-hydrogen) atoms. The molecule has 3 heterocycles. The van der Waals surface area contributed by atoms with Gasteiger partial charge < -0.3 is 20.6 Å². The van der Waals surface area contributed by atoms with Gasteiger partial charge in [0.05, 0.1) is 23.9 Å². The molecule has 2 fully saturated rings. The summed E-state index contributed by atoms with van der Waals surface area (Å²) in [6.45, 7) is 2.93. The van der Waals surface area contributed by atoms with E-state index in [4.69, 9.17) is 5.26 Å². The zero-order valence-corrected chi connectivity index (χ0v) is 21.9. The van der Waals surface area contributed by atoms with Crippen molar-refractivity contribution in [2.24, 2.45) is 11.8 Å². The van der Waals surface area contributed by atoms with E-state index < -0.39 is 23.7 Å². The number of nitriles is 1. The average Bonchev–Trinajstić information content (AvgIpc) is 2.96. The summed E-state index contributed by atoms with van der Waals surface area (Å²) in [6, 6.07) is 6.76. The first-order chi connectivity index (χ1) is 18.8. The SMILES string of the molecule is N#Cc1cc(-c2cncc(C(CC(=O)O)NC(=O)[C@@H]3CCCN(C(=O)CCC4CCNCC4)C3)c2)ccc1F. The first kappa shape index (κ1) is 28.2. The summed E-state index contributed by atoms with van der Waals surface area (Å²) >= 11 is 0. The molecule has 10 heteroatoms. The molecular weight excluding hydrogens is 501 g/mol. The number of amides is 2. The van der Waals surface area contributed by atoms with Crippen molar-refractivity contribution in [2.75, 3.05) is 26.2 Å². The molecule has 2 aromatic rings. The lowest BCUT2D eigenvalue weighted by Gasteiger charge is -2.33. The maximum absolute atomic E-state index is 13.8. The lowest BCUT2D eigenvalue weighted by atomic mass is 9.92. The number of carboxylic acids is 1. The minimum atomic E-state index is -1.09. The van der Waals surface area contributed by atoms with Crippen molar-refractivity contribution in [3.8, 4) is 17.2 Å². The van der Waals surface area contributed by atoms with Crippen LogP contribution in [0.4, 0.5) is 4.39 Å². The highest BCUT2D eigenvalue weighted by Crippen LogP contribution is 2.27. The third kappa shape index (κ3) is 7.60. The molecule has 2 saturated heterocycles. The van der Waals surface area contributed by atoms with Gasteiger partial charge in [-0.15, -0.1) is 0 Å². The number of likely N-dealkylation sites (tertiary alicyclic amines) is 1. The number of nitrogens with zero attached hydrogens (tertiary/aromatic N) is 3. The largest absolute Gasteiger partial charge is 0.481 e. The molecule has 2 atom stereocenters. The van der Waals surface area contributed by atoms with E-state index in [1.165, 1.54) is 30.6 Å². The van der Waals surface area contributed by atoms with Gasteiger partial charge in [-0.1, -0.05) is 6.07 Å². The predicted molar refractivity (Wildman–Crippen MR) is 142 cm³/mol. The first-order valence-corrected chi connectivity index (χ1v) is 13.5. The number of rotatable bonds is 9. The van der Waals surface area contributed by atoms with Crippen LogP contribution in [0.25, 0.3) is 11.1 Å². The van der Waals surface area contributed by atoms with E-state index in [2.05, 4.69) is 15.6 Å². The minimum Gasteiger partial charge on any atom is -0.481 e. The van der Waals surface area contributed by atoms with Crippen LogP contribution in [0.5, 0.6) is 0 Å². The number of hydrogen-bond donors (Lipinski definition) is 3. The van der Waals surface area contributed by atoms with Crippen LogP contribution in [0.15, 0.2) is 36.7 Å². The van der Waals surface area contributed by atoms with Crippen molar-refractivity contribution in [2.45, 2.75) is 51.0 Å². The zero-order chi connectivity index (χ0) is 27.8. The molecule has 0 spiro atoms. The first-order valence-electron chi connectivity index (χ1n) is 13.5. The van der Waals surface area contributed by atoms with Crippen LogP contribution in [0.1, 0.15) is 62.1 Å². The fourth-order valence-corrected chi connectivity index (χ4v) is 5.39. The number of pyridine rings is 1. The van der Waals surface area contributed by atoms with Crippen LogP contribution in [-0.2, 0) is 14.4 Å². The van der Waals surface area contributed by atoms with E-state index in [1.807, 2.05) is 0 Å². The van der Waals surface area contributed by atoms with Crippen LogP contribution in [-0.4, -0.2) is 59.0 Å². The van der Waals surface area contributed by atoms with Gasteiger partial charge in [-0.3, -0.25) is 19.4 Å². The molecule has 2 amide bonds. The molecule has 3 N–H and O–H groups in total. The van der Waals surface area contributed by atoms with E-state index in [-0.39, 0.29) is 23.8 Å². The van der Waals surface area contributed by atoms with Crippen LogP contribution in [0.3, 0.4) is 0 Å². The molecule has 1 unspecified atom stereocenters. The molecule has 0 radical (unpaired) electrons. The minimum absolute atomic E-state index is 0.0704. The molecule has 9 nitrogen and oxygen atoms in total. The number of hydrogen-bond acceptors (Lipinski definition) is 6. The van der Waals surface area contributed by atoms with E-state index in [1.54, 1.807) is 17.0 Å². The third-order valence-electron chi connectivity index (χ3n) is 7.65. The molecule has 4 rings (SSSR count). The second kappa shape index (κ2) is 13.3. The van der Waals surface area contributed by atoms with Gasteiger partial charge >= 0.3 is 5.97 Å². The number of carbonyl (C=O) groups is 3. The van der Waals surface area contributed by atoms with Gasteiger partial charge in [0.25, 0.3) is 0 Å².